The van der Waals surface area contributed by atoms with Crippen molar-refractivity contribution in [2.24, 2.45) is 0 Å². The van der Waals surface area contributed by atoms with Crippen LogP contribution in [-0.2, 0) is 11.3 Å². The highest BCUT2D eigenvalue weighted by Crippen LogP contribution is 2.29. The lowest BCUT2D eigenvalue weighted by molar-refractivity contribution is 0.0868. The molecule has 1 aliphatic rings. The van der Waals surface area contributed by atoms with Crippen LogP contribution in [0.2, 0.25) is 0 Å². The first-order chi connectivity index (χ1) is 12.7. The van der Waals surface area contributed by atoms with Crippen LogP contribution in [0.1, 0.15) is 30.0 Å². The molecule has 3 aromatic rings. The van der Waals surface area contributed by atoms with Crippen LogP contribution >= 0.6 is 0 Å². The van der Waals surface area contributed by atoms with Gasteiger partial charge in [0.15, 0.2) is 5.65 Å². The SMILES string of the molecule is O=C(OCc1ccccc1)N1CCC(c2cc(O)n3nccc3n2)CC1. The Labute approximate surface area is 150 Å². The molecular formula is C19H20N4O3. The van der Waals surface area contributed by atoms with Gasteiger partial charge in [-0.1, -0.05) is 30.3 Å². The number of nitrogens with zero attached hydrogens (tertiary/aromatic N) is 4. The molecule has 0 atom stereocenters. The molecule has 7 nitrogen and oxygen atoms in total. The smallest absolute Gasteiger partial charge is 0.410 e. The maximum absolute atomic E-state index is 12.2. The Morgan fingerprint density at radius 1 is 1.19 bits per heavy atom. The van der Waals surface area contributed by atoms with Crippen LogP contribution in [0.15, 0.2) is 48.7 Å². The molecule has 1 fully saturated rings. The van der Waals surface area contributed by atoms with E-state index >= 15 is 0 Å². The third-order valence-corrected chi connectivity index (χ3v) is 4.74. The van der Waals surface area contributed by atoms with Crippen LogP contribution < -0.4 is 0 Å². The molecule has 1 aromatic carbocycles. The Balaban J connectivity index is 1.35. The molecule has 0 radical (unpaired) electrons. The minimum absolute atomic E-state index is 0.0831. The van der Waals surface area contributed by atoms with Gasteiger partial charge in [-0.25, -0.2) is 9.78 Å². The van der Waals surface area contributed by atoms with Gasteiger partial charge in [-0.15, -0.1) is 0 Å². The highest BCUT2D eigenvalue weighted by atomic mass is 16.6. The van der Waals surface area contributed by atoms with E-state index in [2.05, 4.69) is 10.1 Å². The topological polar surface area (TPSA) is 80.0 Å². The van der Waals surface area contributed by atoms with Gasteiger partial charge in [0, 0.05) is 31.1 Å². The van der Waals surface area contributed by atoms with Gasteiger partial charge in [0.05, 0.1) is 11.9 Å². The second-order valence-corrected chi connectivity index (χ2v) is 6.44. The molecule has 0 bridgehead atoms. The van der Waals surface area contributed by atoms with Gasteiger partial charge < -0.3 is 14.7 Å². The number of benzene rings is 1. The third-order valence-electron chi connectivity index (χ3n) is 4.74. The van der Waals surface area contributed by atoms with E-state index in [4.69, 9.17) is 4.74 Å². The Kier molecular flexibility index (Phi) is 4.43. The summed E-state index contributed by atoms with van der Waals surface area (Å²) in [6.07, 6.45) is 2.90. The van der Waals surface area contributed by atoms with E-state index in [-0.39, 0.29) is 24.5 Å². The van der Waals surface area contributed by atoms with Gasteiger partial charge in [-0.05, 0) is 18.4 Å². The highest BCUT2D eigenvalue weighted by Gasteiger charge is 2.26. The van der Waals surface area contributed by atoms with E-state index in [1.807, 2.05) is 30.3 Å². The fourth-order valence-corrected chi connectivity index (χ4v) is 3.29. The molecule has 2 aromatic heterocycles. The summed E-state index contributed by atoms with van der Waals surface area (Å²) in [7, 11) is 0. The van der Waals surface area contributed by atoms with Crippen molar-refractivity contribution in [3.8, 4) is 5.88 Å². The second-order valence-electron chi connectivity index (χ2n) is 6.44. The molecule has 1 N–H and O–H groups in total. The average molecular weight is 352 g/mol. The van der Waals surface area contributed by atoms with Crippen LogP contribution in [-0.4, -0.2) is 43.8 Å². The fourth-order valence-electron chi connectivity index (χ4n) is 3.29. The Morgan fingerprint density at radius 2 is 1.96 bits per heavy atom. The number of ether oxygens (including phenoxy) is 1. The van der Waals surface area contributed by atoms with Crippen LogP contribution in [0.5, 0.6) is 5.88 Å². The first-order valence-corrected chi connectivity index (χ1v) is 8.70. The summed E-state index contributed by atoms with van der Waals surface area (Å²) in [6, 6.07) is 13.1. The zero-order valence-electron chi connectivity index (χ0n) is 14.3. The van der Waals surface area contributed by atoms with Gasteiger partial charge in [0.2, 0.25) is 5.88 Å². The molecule has 4 rings (SSSR count). The summed E-state index contributed by atoms with van der Waals surface area (Å²) in [5.74, 6) is 0.290. The van der Waals surface area contributed by atoms with E-state index in [9.17, 15) is 9.90 Å². The minimum atomic E-state index is -0.283. The molecule has 1 aliphatic heterocycles. The van der Waals surface area contributed by atoms with Crippen LogP contribution in [0.4, 0.5) is 4.79 Å². The number of aromatic nitrogens is 3. The van der Waals surface area contributed by atoms with Crippen molar-refractivity contribution in [3.05, 3.63) is 59.9 Å². The predicted molar refractivity (Wildman–Crippen MR) is 94.8 cm³/mol. The van der Waals surface area contributed by atoms with Crippen LogP contribution in [0.25, 0.3) is 5.65 Å². The standard InChI is InChI=1S/C19H20N4O3/c24-18-12-16(21-17-6-9-20-23(17)18)15-7-10-22(11-8-15)19(25)26-13-14-4-2-1-3-5-14/h1-6,9,12,15,24H,7-8,10-11,13H2. The molecule has 0 spiro atoms. The minimum Gasteiger partial charge on any atom is -0.493 e. The van der Waals surface area contributed by atoms with Crippen molar-refractivity contribution in [2.45, 2.75) is 25.4 Å². The van der Waals surface area contributed by atoms with Crippen molar-refractivity contribution in [1.82, 2.24) is 19.5 Å². The number of carbonyl (C=O) groups excluding carboxylic acids is 1. The maximum atomic E-state index is 12.2. The molecule has 7 heteroatoms. The quantitative estimate of drug-likeness (QED) is 0.784. The van der Waals surface area contributed by atoms with Crippen molar-refractivity contribution in [1.29, 1.82) is 0 Å². The number of hydrogen-bond donors (Lipinski definition) is 1. The molecule has 1 amide bonds. The molecule has 1 saturated heterocycles. The van der Waals surface area contributed by atoms with E-state index < -0.39 is 0 Å². The monoisotopic (exact) mass is 352 g/mol. The third kappa shape index (κ3) is 3.33. The summed E-state index contributed by atoms with van der Waals surface area (Å²) >= 11 is 0. The van der Waals surface area contributed by atoms with Gasteiger partial charge in [0.1, 0.15) is 6.61 Å². The number of likely N-dealkylation sites (tertiary alicyclic amines) is 1. The van der Waals surface area contributed by atoms with Crippen molar-refractivity contribution in [3.63, 3.8) is 0 Å². The number of hydrogen-bond acceptors (Lipinski definition) is 5. The Bertz CT molecular complexity index is 902. The molecule has 0 unspecified atom stereocenters. The van der Waals surface area contributed by atoms with E-state index in [0.29, 0.717) is 18.7 Å². The van der Waals surface area contributed by atoms with E-state index in [0.717, 1.165) is 24.1 Å². The average Bonchev–Trinajstić information content (AvgIpc) is 3.16. The molecule has 0 aliphatic carbocycles. The lowest BCUT2D eigenvalue weighted by Crippen LogP contribution is -2.38. The van der Waals surface area contributed by atoms with Crippen molar-refractivity contribution in [2.75, 3.05) is 13.1 Å². The Morgan fingerprint density at radius 3 is 2.73 bits per heavy atom. The first-order valence-electron chi connectivity index (χ1n) is 8.70. The van der Waals surface area contributed by atoms with E-state index in [1.165, 1.54) is 4.52 Å². The predicted octanol–water partition coefficient (Wildman–Crippen LogP) is 2.95. The summed E-state index contributed by atoms with van der Waals surface area (Å²) < 4.78 is 6.80. The summed E-state index contributed by atoms with van der Waals surface area (Å²) in [5, 5.41) is 14.1. The Hall–Kier alpha value is -3.09. The number of aromatic hydroxyl groups is 1. The normalized spacial score (nSPS) is 15.3. The summed E-state index contributed by atoms with van der Waals surface area (Å²) in [6.45, 7) is 1.52. The molecule has 134 valence electrons. The first kappa shape index (κ1) is 16.4. The van der Waals surface area contributed by atoms with E-state index in [1.54, 1.807) is 23.2 Å². The number of carbonyl (C=O) groups is 1. The number of piperidine rings is 1. The summed E-state index contributed by atoms with van der Waals surface area (Å²) in [5.41, 5.74) is 2.45. The van der Waals surface area contributed by atoms with Crippen LogP contribution in [0.3, 0.4) is 0 Å². The highest BCUT2D eigenvalue weighted by molar-refractivity contribution is 5.67. The second kappa shape index (κ2) is 7.03. The maximum Gasteiger partial charge on any atom is 0.410 e. The van der Waals surface area contributed by atoms with Gasteiger partial charge in [0.25, 0.3) is 0 Å². The molecule has 26 heavy (non-hydrogen) atoms. The zero-order chi connectivity index (χ0) is 17.9. The van der Waals surface area contributed by atoms with Gasteiger partial charge >= 0.3 is 6.09 Å². The van der Waals surface area contributed by atoms with Crippen molar-refractivity contribution < 1.29 is 14.6 Å². The summed E-state index contributed by atoms with van der Waals surface area (Å²) in [4.78, 5) is 18.5. The largest absolute Gasteiger partial charge is 0.493 e. The zero-order valence-corrected chi connectivity index (χ0v) is 14.3. The number of amides is 1. The van der Waals surface area contributed by atoms with Gasteiger partial charge in [-0.3, -0.25) is 0 Å². The van der Waals surface area contributed by atoms with Crippen LogP contribution in [0, 0.1) is 0 Å². The van der Waals surface area contributed by atoms with Gasteiger partial charge in [-0.2, -0.15) is 9.61 Å². The molecule has 0 saturated carbocycles. The number of fused-ring (bicyclic) bond motifs is 1. The molecular weight excluding hydrogens is 332 g/mol. The molecule has 3 heterocycles. The fraction of sp³-hybridized carbons (Fsp3) is 0.316. The van der Waals surface area contributed by atoms with Crippen molar-refractivity contribution >= 4 is 11.7 Å². The lowest BCUT2D eigenvalue weighted by atomic mass is 9.93. The number of rotatable bonds is 3. The lowest BCUT2D eigenvalue weighted by Gasteiger charge is -2.31.